The molecule has 0 saturated heterocycles. The van der Waals surface area contributed by atoms with Crippen molar-refractivity contribution < 1.29 is 9.36 Å². The molecule has 0 aliphatic heterocycles. The van der Waals surface area contributed by atoms with E-state index in [0.717, 1.165) is 15.7 Å². The summed E-state index contributed by atoms with van der Waals surface area (Å²) in [6, 6.07) is 9.89. The predicted molar refractivity (Wildman–Crippen MR) is 83.5 cm³/mol. The van der Waals surface area contributed by atoms with Crippen molar-refractivity contribution >= 4 is 27.5 Å². The Morgan fingerprint density at radius 1 is 1.20 bits per heavy atom. The average Bonchev–Trinajstić information content (AvgIpc) is 2.42. The van der Waals surface area contributed by atoms with Gasteiger partial charge in [-0.05, 0) is 37.1 Å². The number of carbonyl (C=O) groups is 1. The van der Waals surface area contributed by atoms with E-state index in [0.29, 0.717) is 13.0 Å². The number of rotatable bonds is 4. The molecule has 2 rings (SSSR count). The van der Waals surface area contributed by atoms with E-state index in [4.69, 9.17) is 0 Å². The number of hydrogen-bond acceptors (Lipinski definition) is 1. The van der Waals surface area contributed by atoms with Crippen molar-refractivity contribution in [2.45, 2.75) is 26.8 Å². The SMILES string of the molecule is Cc1cc[n+](CCC(=O)Nc2ccc(C)c(Br)c2)cc1. The standard InChI is InChI=1S/C16H17BrN2O/c1-12-5-8-19(9-6-12)10-7-16(20)18-14-4-3-13(2)15(17)11-14/h3-6,8-9,11H,7,10H2,1-2H3/p+1. The van der Waals surface area contributed by atoms with E-state index >= 15 is 0 Å². The molecule has 0 saturated carbocycles. The molecule has 104 valence electrons. The normalized spacial score (nSPS) is 10.3. The van der Waals surface area contributed by atoms with Crippen LogP contribution in [0.1, 0.15) is 17.5 Å². The lowest BCUT2D eigenvalue weighted by atomic mass is 10.2. The number of carbonyl (C=O) groups excluding carboxylic acids is 1. The third-order valence-corrected chi connectivity index (χ3v) is 3.96. The van der Waals surface area contributed by atoms with Gasteiger partial charge in [0.25, 0.3) is 0 Å². The van der Waals surface area contributed by atoms with Gasteiger partial charge in [0.2, 0.25) is 5.91 Å². The van der Waals surface area contributed by atoms with Gasteiger partial charge in [-0.2, -0.15) is 0 Å². The smallest absolute Gasteiger partial charge is 0.230 e. The first-order valence-electron chi connectivity index (χ1n) is 6.56. The van der Waals surface area contributed by atoms with Gasteiger partial charge in [-0.15, -0.1) is 0 Å². The van der Waals surface area contributed by atoms with E-state index in [1.54, 1.807) is 0 Å². The van der Waals surface area contributed by atoms with E-state index < -0.39 is 0 Å². The maximum Gasteiger partial charge on any atom is 0.230 e. The summed E-state index contributed by atoms with van der Waals surface area (Å²) in [6.45, 7) is 4.75. The molecule has 0 aliphatic carbocycles. The molecule has 1 N–H and O–H groups in total. The molecule has 0 unspecified atom stereocenters. The minimum absolute atomic E-state index is 0.0221. The highest BCUT2D eigenvalue weighted by molar-refractivity contribution is 9.10. The summed E-state index contributed by atoms with van der Waals surface area (Å²) >= 11 is 3.46. The van der Waals surface area contributed by atoms with Gasteiger partial charge in [-0.25, -0.2) is 4.57 Å². The molecule has 1 aromatic carbocycles. The summed E-state index contributed by atoms with van der Waals surface area (Å²) in [5.41, 5.74) is 3.19. The Bertz CT molecular complexity index is 608. The Morgan fingerprint density at radius 3 is 2.55 bits per heavy atom. The van der Waals surface area contributed by atoms with Crippen LogP contribution in [0.4, 0.5) is 5.69 Å². The van der Waals surface area contributed by atoms with Crippen LogP contribution in [-0.2, 0) is 11.3 Å². The number of hydrogen-bond donors (Lipinski definition) is 1. The molecule has 20 heavy (non-hydrogen) atoms. The van der Waals surface area contributed by atoms with E-state index in [1.165, 1.54) is 5.56 Å². The molecule has 0 aliphatic rings. The largest absolute Gasteiger partial charge is 0.326 e. The number of aromatic nitrogens is 1. The van der Waals surface area contributed by atoms with Gasteiger partial charge in [0.1, 0.15) is 0 Å². The second-order valence-corrected chi connectivity index (χ2v) is 5.73. The lowest BCUT2D eigenvalue weighted by Crippen LogP contribution is -2.34. The fourth-order valence-corrected chi connectivity index (χ4v) is 2.18. The second-order valence-electron chi connectivity index (χ2n) is 4.88. The molecule has 0 atom stereocenters. The zero-order valence-corrected chi connectivity index (χ0v) is 13.3. The third kappa shape index (κ3) is 4.17. The van der Waals surface area contributed by atoms with Crippen LogP contribution in [-0.4, -0.2) is 5.91 Å². The first-order valence-corrected chi connectivity index (χ1v) is 7.35. The number of aryl methyl sites for hydroxylation is 3. The molecule has 0 bridgehead atoms. The monoisotopic (exact) mass is 333 g/mol. The minimum Gasteiger partial charge on any atom is -0.326 e. The van der Waals surface area contributed by atoms with Crippen LogP contribution in [0.3, 0.4) is 0 Å². The van der Waals surface area contributed by atoms with Crippen molar-refractivity contribution in [1.82, 2.24) is 0 Å². The van der Waals surface area contributed by atoms with Crippen LogP contribution in [0.2, 0.25) is 0 Å². The summed E-state index contributed by atoms with van der Waals surface area (Å²) < 4.78 is 3.01. The van der Waals surface area contributed by atoms with Gasteiger partial charge in [0, 0.05) is 22.3 Å². The summed E-state index contributed by atoms with van der Waals surface area (Å²) in [7, 11) is 0. The Morgan fingerprint density at radius 2 is 1.90 bits per heavy atom. The fraction of sp³-hybridized carbons (Fsp3) is 0.250. The molecule has 0 spiro atoms. The fourth-order valence-electron chi connectivity index (χ4n) is 1.81. The van der Waals surface area contributed by atoms with E-state index in [1.807, 2.05) is 61.1 Å². The summed E-state index contributed by atoms with van der Waals surface area (Å²) in [4.78, 5) is 11.9. The van der Waals surface area contributed by atoms with Crippen molar-refractivity contribution in [3.8, 4) is 0 Å². The van der Waals surface area contributed by atoms with Crippen LogP contribution < -0.4 is 9.88 Å². The Balaban J connectivity index is 1.89. The molecule has 3 nitrogen and oxygen atoms in total. The highest BCUT2D eigenvalue weighted by Gasteiger charge is 2.07. The molecular weight excluding hydrogens is 316 g/mol. The maximum atomic E-state index is 11.9. The van der Waals surface area contributed by atoms with Gasteiger partial charge in [-0.3, -0.25) is 4.79 Å². The van der Waals surface area contributed by atoms with Gasteiger partial charge in [0.05, 0.1) is 6.42 Å². The zero-order valence-electron chi connectivity index (χ0n) is 11.7. The van der Waals surface area contributed by atoms with E-state index in [-0.39, 0.29) is 5.91 Å². The number of anilines is 1. The molecule has 0 radical (unpaired) electrons. The topological polar surface area (TPSA) is 33.0 Å². The van der Waals surface area contributed by atoms with E-state index in [2.05, 4.69) is 21.2 Å². The van der Waals surface area contributed by atoms with Crippen LogP contribution >= 0.6 is 15.9 Å². The van der Waals surface area contributed by atoms with Gasteiger partial charge >= 0.3 is 0 Å². The molecule has 4 heteroatoms. The van der Waals surface area contributed by atoms with Crippen molar-refractivity contribution in [2.24, 2.45) is 0 Å². The number of amides is 1. The lowest BCUT2D eigenvalue weighted by molar-refractivity contribution is -0.695. The molecular formula is C16H18BrN2O+. The molecule has 0 fully saturated rings. The number of halogens is 1. The van der Waals surface area contributed by atoms with Crippen LogP contribution in [0, 0.1) is 13.8 Å². The number of nitrogens with one attached hydrogen (secondary N) is 1. The van der Waals surface area contributed by atoms with Crippen LogP contribution in [0.25, 0.3) is 0 Å². The van der Waals surface area contributed by atoms with Crippen LogP contribution in [0.15, 0.2) is 47.2 Å². The number of benzene rings is 1. The first-order chi connectivity index (χ1) is 9.54. The zero-order chi connectivity index (χ0) is 14.5. The highest BCUT2D eigenvalue weighted by atomic mass is 79.9. The Hall–Kier alpha value is -1.68. The molecule has 1 aromatic heterocycles. The summed E-state index contributed by atoms with van der Waals surface area (Å²) in [6.07, 6.45) is 4.44. The summed E-state index contributed by atoms with van der Waals surface area (Å²) in [5, 5.41) is 2.91. The molecule has 1 amide bonds. The van der Waals surface area contributed by atoms with Crippen molar-refractivity contribution in [1.29, 1.82) is 0 Å². The highest BCUT2D eigenvalue weighted by Crippen LogP contribution is 2.20. The number of nitrogens with zero attached hydrogens (tertiary/aromatic N) is 1. The lowest BCUT2D eigenvalue weighted by Gasteiger charge is -2.06. The maximum absolute atomic E-state index is 11.9. The average molecular weight is 334 g/mol. The first kappa shape index (κ1) is 14.7. The third-order valence-electron chi connectivity index (χ3n) is 3.11. The predicted octanol–water partition coefficient (Wildman–Crippen LogP) is 3.38. The van der Waals surface area contributed by atoms with Gasteiger partial charge in [0.15, 0.2) is 18.9 Å². The molecule has 2 aromatic rings. The molecule has 1 heterocycles. The van der Waals surface area contributed by atoms with Crippen molar-refractivity contribution in [2.75, 3.05) is 5.32 Å². The van der Waals surface area contributed by atoms with Gasteiger partial charge in [-0.1, -0.05) is 22.0 Å². The van der Waals surface area contributed by atoms with E-state index in [9.17, 15) is 4.79 Å². The van der Waals surface area contributed by atoms with Crippen molar-refractivity contribution in [3.63, 3.8) is 0 Å². The van der Waals surface area contributed by atoms with Crippen LogP contribution in [0.5, 0.6) is 0 Å². The minimum atomic E-state index is 0.0221. The Kier molecular flexibility index (Phi) is 4.90. The Labute approximate surface area is 127 Å². The van der Waals surface area contributed by atoms with Gasteiger partial charge < -0.3 is 5.32 Å². The quantitative estimate of drug-likeness (QED) is 0.855. The second kappa shape index (κ2) is 6.66. The van der Waals surface area contributed by atoms with Crippen molar-refractivity contribution in [3.05, 3.63) is 58.3 Å². The summed E-state index contributed by atoms with van der Waals surface area (Å²) in [5.74, 6) is 0.0221. The number of pyridine rings is 1.